The highest BCUT2D eigenvalue weighted by Crippen LogP contribution is 2.22. The van der Waals surface area contributed by atoms with E-state index in [9.17, 15) is 0 Å². The third-order valence-electron chi connectivity index (χ3n) is 2.98. The zero-order valence-electron chi connectivity index (χ0n) is 7.91. The second-order valence-electron chi connectivity index (χ2n) is 3.87. The Labute approximate surface area is 79.3 Å². The zero-order valence-corrected chi connectivity index (χ0v) is 7.91. The quantitative estimate of drug-likeness (QED) is 0.639. The first-order valence-electron chi connectivity index (χ1n) is 5.17. The van der Waals surface area contributed by atoms with E-state index in [1.807, 2.05) is 0 Å². The van der Waals surface area contributed by atoms with Crippen LogP contribution in [0.4, 0.5) is 0 Å². The summed E-state index contributed by atoms with van der Waals surface area (Å²) in [6, 6.07) is 2.41. The van der Waals surface area contributed by atoms with Crippen LogP contribution in [0.15, 0.2) is 0 Å². The molecule has 2 aliphatic rings. The molecule has 0 saturated carbocycles. The summed E-state index contributed by atoms with van der Waals surface area (Å²) in [6.45, 7) is 3.01. The second kappa shape index (κ2) is 4.08. The van der Waals surface area contributed by atoms with Crippen molar-refractivity contribution in [2.75, 3.05) is 19.7 Å². The van der Waals surface area contributed by atoms with Crippen molar-refractivity contribution in [3.05, 3.63) is 0 Å². The topological polar surface area (TPSA) is 36.3 Å². The number of likely N-dealkylation sites (tertiary alicyclic amines) is 1. The zero-order chi connectivity index (χ0) is 9.10. The summed E-state index contributed by atoms with van der Waals surface area (Å²) in [6.07, 6.45) is 4.85. The molecule has 13 heavy (non-hydrogen) atoms. The van der Waals surface area contributed by atoms with Gasteiger partial charge in [-0.25, -0.2) is 0 Å². The van der Waals surface area contributed by atoms with Gasteiger partial charge in [-0.2, -0.15) is 5.26 Å². The van der Waals surface area contributed by atoms with Gasteiger partial charge in [0.15, 0.2) is 0 Å². The lowest BCUT2D eigenvalue weighted by Gasteiger charge is -2.25. The molecule has 2 saturated heterocycles. The molecule has 0 bridgehead atoms. The van der Waals surface area contributed by atoms with Crippen molar-refractivity contribution >= 4 is 0 Å². The van der Waals surface area contributed by atoms with E-state index in [0.29, 0.717) is 0 Å². The van der Waals surface area contributed by atoms with E-state index in [2.05, 4.69) is 11.0 Å². The first kappa shape index (κ1) is 8.98. The Morgan fingerprint density at radius 2 is 2.08 bits per heavy atom. The molecule has 0 amide bonds. The lowest BCUT2D eigenvalue weighted by molar-refractivity contribution is 0.0550. The molecular formula is C10H16N2O. The molecule has 0 N–H and O–H groups in total. The van der Waals surface area contributed by atoms with Gasteiger partial charge in [-0.05, 0) is 38.8 Å². The predicted molar refractivity (Wildman–Crippen MR) is 49.2 cm³/mol. The Kier molecular flexibility index (Phi) is 2.82. The molecule has 0 aromatic carbocycles. The van der Waals surface area contributed by atoms with Crippen LogP contribution in [0.25, 0.3) is 0 Å². The molecular weight excluding hydrogens is 164 g/mol. The molecule has 0 radical (unpaired) electrons. The van der Waals surface area contributed by atoms with Gasteiger partial charge in [0.2, 0.25) is 0 Å². The van der Waals surface area contributed by atoms with Crippen molar-refractivity contribution in [3.63, 3.8) is 0 Å². The third kappa shape index (κ3) is 1.84. The SMILES string of the molecule is N#CC(C1CCCO1)N1CCCC1. The van der Waals surface area contributed by atoms with Crippen LogP contribution >= 0.6 is 0 Å². The molecule has 3 heteroatoms. The maximum absolute atomic E-state index is 9.08. The average molecular weight is 180 g/mol. The van der Waals surface area contributed by atoms with E-state index in [-0.39, 0.29) is 12.1 Å². The first-order valence-corrected chi connectivity index (χ1v) is 5.17. The van der Waals surface area contributed by atoms with Gasteiger partial charge < -0.3 is 4.74 Å². The summed E-state index contributed by atoms with van der Waals surface area (Å²) in [5.74, 6) is 0. The van der Waals surface area contributed by atoms with Crippen LogP contribution < -0.4 is 0 Å². The van der Waals surface area contributed by atoms with Gasteiger partial charge in [-0.1, -0.05) is 0 Å². The highest BCUT2D eigenvalue weighted by molar-refractivity contribution is 4.99. The molecule has 72 valence electrons. The van der Waals surface area contributed by atoms with Crippen molar-refractivity contribution in [2.24, 2.45) is 0 Å². The van der Waals surface area contributed by atoms with Crippen LogP contribution in [0, 0.1) is 11.3 Å². The molecule has 0 spiro atoms. The molecule has 2 atom stereocenters. The number of ether oxygens (including phenoxy) is 1. The average Bonchev–Trinajstić information content (AvgIpc) is 2.76. The Morgan fingerprint density at radius 3 is 2.62 bits per heavy atom. The number of rotatable bonds is 2. The van der Waals surface area contributed by atoms with E-state index in [4.69, 9.17) is 10.00 Å². The lowest BCUT2D eigenvalue weighted by Crippen LogP contribution is -2.40. The van der Waals surface area contributed by atoms with Crippen LogP contribution in [-0.4, -0.2) is 36.7 Å². The standard InChI is InChI=1S/C10H16N2O/c11-8-9(10-4-3-7-13-10)12-5-1-2-6-12/h9-10H,1-7H2. The largest absolute Gasteiger partial charge is 0.375 e. The molecule has 0 aromatic rings. The fourth-order valence-electron chi connectivity index (χ4n) is 2.27. The summed E-state index contributed by atoms with van der Waals surface area (Å²) < 4.78 is 5.55. The highest BCUT2D eigenvalue weighted by Gasteiger charge is 2.31. The molecule has 2 aliphatic heterocycles. The van der Waals surface area contributed by atoms with Gasteiger partial charge in [0.25, 0.3) is 0 Å². The van der Waals surface area contributed by atoms with E-state index in [1.54, 1.807) is 0 Å². The summed E-state index contributed by atoms with van der Waals surface area (Å²) in [5, 5.41) is 9.08. The molecule has 3 nitrogen and oxygen atoms in total. The second-order valence-corrected chi connectivity index (χ2v) is 3.87. The van der Waals surface area contributed by atoms with Crippen LogP contribution in [-0.2, 0) is 4.74 Å². The van der Waals surface area contributed by atoms with Crippen LogP contribution in [0.1, 0.15) is 25.7 Å². The number of nitrogens with zero attached hydrogens (tertiary/aromatic N) is 2. The van der Waals surface area contributed by atoms with Crippen LogP contribution in [0.3, 0.4) is 0 Å². The van der Waals surface area contributed by atoms with Crippen molar-refractivity contribution in [2.45, 2.75) is 37.8 Å². The fourth-order valence-corrected chi connectivity index (χ4v) is 2.27. The van der Waals surface area contributed by atoms with Gasteiger partial charge >= 0.3 is 0 Å². The van der Waals surface area contributed by atoms with Gasteiger partial charge in [-0.15, -0.1) is 0 Å². The first-order chi connectivity index (χ1) is 6.42. The maximum Gasteiger partial charge on any atom is 0.124 e. The molecule has 0 aliphatic carbocycles. The minimum absolute atomic E-state index is 0.0185. The fraction of sp³-hybridized carbons (Fsp3) is 0.900. The van der Waals surface area contributed by atoms with Crippen molar-refractivity contribution < 1.29 is 4.74 Å². The van der Waals surface area contributed by atoms with E-state index >= 15 is 0 Å². The molecule has 2 fully saturated rings. The minimum Gasteiger partial charge on any atom is -0.375 e. The van der Waals surface area contributed by atoms with Crippen LogP contribution in [0.5, 0.6) is 0 Å². The van der Waals surface area contributed by atoms with Gasteiger partial charge in [0, 0.05) is 6.61 Å². The normalized spacial score (nSPS) is 31.8. The maximum atomic E-state index is 9.08. The smallest absolute Gasteiger partial charge is 0.124 e. The molecule has 2 unspecified atom stereocenters. The van der Waals surface area contributed by atoms with Crippen LogP contribution in [0.2, 0.25) is 0 Å². The molecule has 0 aromatic heterocycles. The Balaban J connectivity index is 1.95. The van der Waals surface area contributed by atoms with E-state index in [1.165, 1.54) is 12.8 Å². The van der Waals surface area contributed by atoms with Crippen molar-refractivity contribution in [1.29, 1.82) is 5.26 Å². The Morgan fingerprint density at radius 1 is 1.31 bits per heavy atom. The van der Waals surface area contributed by atoms with Crippen molar-refractivity contribution in [1.82, 2.24) is 4.90 Å². The van der Waals surface area contributed by atoms with E-state index in [0.717, 1.165) is 32.5 Å². The molecule has 2 rings (SSSR count). The Bertz CT molecular complexity index is 183. The monoisotopic (exact) mass is 180 g/mol. The third-order valence-corrected chi connectivity index (χ3v) is 2.98. The summed E-state index contributed by atoms with van der Waals surface area (Å²) in [4.78, 5) is 2.27. The van der Waals surface area contributed by atoms with Gasteiger partial charge in [-0.3, -0.25) is 4.90 Å². The van der Waals surface area contributed by atoms with Gasteiger partial charge in [0.05, 0.1) is 12.2 Å². The minimum atomic E-state index is 0.0185. The highest BCUT2D eigenvalue weighted by atomic mass is 16.5. The number of nitriles is 1. The lowest BCUT2D eigenvalue weighted by atomic mass is 10.1. The van der Waals surface area contributed by atoms with Gasteiger partial charge in [0.1, 0.15) is 6.04 Å². The summed E-state index contributed by atoms with van der Waals surface area (Å²) >= 11 is 0. The summed E-state index contributed by atoms with van der Waals surface area (Å²) in [5.41, 5.74) is 0. The predicted octanol–water partition coefficient (Wildman–Crippen LogP) is 1.15. The Hall–Kier alpha value is -0.590. The van der Waals surface area contributed by atoms with Crippen molar-refractivity contribution in [3.8, 4) is 6.07 Å². The summed E-state index contributed by atoms with van der Waals surface area (Å²) in [7, 11) is 0. The number of hydrogen-bond donors (Lipinski definition) is 0. The number of hydrogen-bond acceptors (Lipinski definition) is 3. The van der Waals surface area contributed by atoms with E-state index < -0.39 is 0 Å². The molecule has 2 heterocycles.